The van der Waals surface area contributed by atoms with Crippen LogP contribution in [0.3, 0.4) is 0 Å². The van der Waals surface area contributed by atoms with Gasteiger partial charge in [0.25, 0.3) is 0 Å². The van der Waals surface area contributed by atoms with Gasteiger partial charge in [-0.1, -0.05) is 18.2 Å². The van der Waals surface area contributed by atoms with Crippen LogP contribution in [0.25, 0.3) is 16.9 Å². The Morgan fingerprint density at radius 2 is 1.92 bits per heavy atom. The summed E-state index contributed by atoms with van der Waals surface area (Å²) in [6.45, 7) is 6.45. The summed E-state index contributed by atoms with van der Waals surface area (Å²) in [5, 5.41) is 14.7. The van der Waals surface area contributed by atoms with E-state index in [4.69, 9.17) is 9.84 Å². The Hall–Kier alpha value is -3.84. The van der Waals surface area contributed by atoms with E-state index in [2.05, 4.69) is 38.9 Å². The van der Waals surface area contributed by atoms with E-state index in [9.17, 15) is 9.65 Å². The third-order valence-corrected chi connectivity index (χ3v) is 7.52. The van der Waals surface area contributed by atoms with Gasteiger partial charge in [0.15, 0.2) is 5.65 Å². The van der Waals surface area contributed by atoms with Gasteiger partial charge in [0.05, 0.1) is 42.8 Å². The number of ether oxygens (including phenoxy) is 1. The highest BCUT2D eigenvalue weighted by Crippen LogP contribution is 2.30. The van der Waals surface area contributed by atoms with Crippen molar-refractivity contribution in [3.8, 4) is 17.3 Å². The van der Waals surface area contributed by atoms with E-state index in [1.165, 1.54) is 6.07 Å². The predicted molar refractivity (Wildman–Crippen MR) is 143 cm³/mol. The van der Waals surface area contributed by atoms with Crippen LogP contribution in [0.15, 0.2) is 60.8 Å². The van der Waals surface area contributed by atoms with E-state index in [0.29, 0.717) is 25.3 Å². The first-order valence-electron chi connectivity index (χ1n) is 13.0. The minimum Gasteiger partial charge on any atom is -0.377 e. The van der Waals surface area contributed by atoms with Gasteiger partial charge in [-0.15, -0.1) is 5.10 Å². The Balaban J connectivity index is 1.34. The van der Waals surface area contributed by atoms with E-state index in [1.54, 1.807) is 12.1 Å². The van der Waals surface area contributed by atoms with E-state index < -0.39 is 0 Å². The quantitative estimate of drug-likeness (QED) is 0.404. The largest absolute Gasteiger partial charge is 0.377 e. The molecule has 1 unspecified atom stereocenters. The smallest absolute Gasteiger partial charge is 0.154 e. The van der Waals surface area contributed by atoms with E-state index in [-0.39, 0.29) is 11.9 Å². The zero-order valence-corrected chi connectivity index (χ0v) is 21.4. The number of halogens is 1. The van der Waals surface area contributed by atoms with Crippen LogP contribution < -0.4 is 4.90 Å². The Morgan fingerprint density at radius 1 is 1.05 bits per heavy atom. The van der Waals surface area contributed by atoms with Crippen LogP contribution >= 0.6 is 0 Å². The van der Waals surface area contributed by atoms with Gasteiger partial charge in [-0.3, -0.25) is 4.90 Å². The first-order chi connectivity index (χ1) is 18.6. The van der Waals surface area contributed by atoms with Crippen LogP contribution in [0.2, 0.25) is 0 Å². The van der Waals surface area contributed by atoms with E-state index >= 15 is 0 Å². The molecule has 0 amide bonds. The molecule has 9 heteroatoms. The maximum absolute atomic E-state index is 14.0. The third kappa shape index (κ3) is 4.86. The van der Waals surface area contributed by atoms with Crippen LogP contribution in [0.1, 0.15) is 22.7 Å². The number of hydrogen-bond acceptors (Lipinski definition) is 7. The van der Waals surface area contributed by atoms with Crippen LogP contribution in [-0.4, -0.2) is 77.4 Å². The number of rotatable bonds is 5. The van der Waals surface area contributed by atoms with Gasteiger partial charge in [-0.05, 0) is 54.6 Å². The molecule has 4 aromatic rings. The Labute approximate surface area is 221 Å². The number of likely N-dealkylation sites (N-methyl/N-ethyl adjacent to an activating group) is 1. The summed E-state index contributed by atoms with van der Waals surface area (Å²) in [4.78, 5) is 11.5. The molecule has 8 nitrogen and oxygen atoms in total. The zero-order valence-electron chi connectivity index (χ0n) is 21.4. The van der Waals surface area contributed by atoms with Crippen LogP contribution in [-0.2, 0) is 11.3 Å². The topological polar surface area (TPSA) is 72.9 Å². The second kappa shape index (κ2) is 10.5. The number of benzene rings is 2. The summed E-state index contributed by atoms with van der Waals surface area (Å²) in [7, 11) is 2.14. The third-order valence-electron chi connectivity index (χ3n) is 7.52. The number of morpholine rings is 1. The molecule has 1 atom stereocenters. The van der Waals surface area contributed by atoms with Gasteiger partial charge >= 0.3 is 0 Å². The molecule has 0 radical (unpaired) electrons. The molecule has 0 bridgehead atoms. The first kappa shape index (κ1) is 24.5. The summed E-state index contributed by atoms with van der Waals surface area (Å²) in [5.41, 5.74) is 5.14. The van der Waals surface area contributed by atoms with Crippen molar-refractivity contribution in [3.05, 3.63) is 83.3 Å². The SMILES string of the molecule is CN1CCN(Cc2cc(-c3cnc4ccc(N5CCOCC5c5cccc(F)c5)nn34)ccc2C#N)CC1. The molecular formula is C29H30FN7O. The Kier molecular flexibility index (Phi) is 6.77. The lowest BCUT2D eigenvalue weighted by Gasteiger charge is -2.36. The molecule has 194 valence electrons. The molecule has 2 saturated heterocycles. The van der Waals surface area contributed by atoms with E-state index in [1.807, 2.05) is 41.0 Å². The van der Waals surface area contributed by atoms with Crippen molar-refractivity contribution in [2.75, 3.05) is 57.9 Å². The normalized spacial score (nSPS) is 19.1. The van der Waals surface area contributed by atoms with Crippen LogP contribution in [0.4, 0.5) is 10.2 Å². The summed E-state index contributed by atoms with van der Waals surface area (Å²) in [6.07, 6.45) is 1.83. The van der Waals surface area contributed by atoms with Crippen LogP contribution in [0.5, 0.6) is 0 Å². The predicted octanol–water partition coefficient (Wildman–Crippen LogP) is 3.73. The summed E-state index contributed by atoms with van der Waals surface area (Å²) in [6, 6.07) is 18.8. The van der Waals surface area contributed by atoms with Gasteiger partial charge in [-0.2, -0.15) is 5.26 Å². The van der Waals surface area contributed by atoms with Gasteiger partial charge in [0.2, 0.25) is 0 Å². The summed E-state index contributed by atoms with van der Waals surface area (Å²) >= 11 is 0. The molecule has 2 aliphatic rings. The number of nitriles is 1. The van der Waals surface area contributed by atoms with Crippen molar-refractivity contribution in [2.45, 2.75) is 12.6 Å². The molecule has 38 heavy (non-hydrogen) atoms. The lowest BCUT2D eigenvalue weighted by molar-refractivity contribution is 0.0935. The minimum absolute atomic E-state index is 0.138. The van der Waals surface area contributed by atoms with Crippen molar-refractivity contribution in [1.82, 2.24) is 24.4 Å². The molecule has 2 fully saturated rings. The molecule has 0 saturated carbocycles. The van der Waals surface area contributed by atoms with Crippen molar-refractivity contribution in [1.29, 1.82) is 5.26 Å². The standard InChI is InChI=1S/C29H30FN7O/c1-34-9-11-35(12-10-34)19-24-15-22(5-6-23(24)17-31)26-18-32-28-7-8-29(33-37(26)28)36-13-14-38-20-27(36)21-3-2-4-25(30)16-21/h2-8,15-16,18,27H,9-14,19-20H2,1H3. The molecule has 6 rings (SSSR count). The van der Waals surface area contributed by atoms with E-state index in [0.717, 1.165) is 66.6 Å². The number of imidazole rings is 1. The number of aromatic nitrogens is 3. The number of piperazine rings is 1. The molecule has 2 aromatic heterocycles. The molecule has 2 aliphatic heterocycles. The van der Waals surface area contributed by atoms with Crippen molar-refractivity contribution >= 4 is 11.5 Å². The highest BCUT2D eigenvalue weighted by molar-refractivity contribution is 5.66. The van der Waals surface area contributed by atoms with Gasteiger partial charge in [-0.25, -0.2) is 13.9 Å². The zero-order chi connectivity index (χ0) is 26.1. The monoisotopic (exact) mass is 511 g/mol. The second-order valence-electron chi connectivity index (χ2n) is 10.0. The number of fused-ring (bicyclic) bond motifs is 1. The lowest BCUT2D eigenvalue weighted by atomic mass is 10.0. The first-order valence-corrected chi connectivity index (χ1v) is 13.0. The van der Waals surface area contributed by atoms with Gasteiger partial charge < -0.3 is 14.5 Å². The van der Waals surface area contributed by atoms with Crippen molar-refractivity contribution < 1.29 is 9.13 Å². The average Bonchev–Trinajstić information content (AvgIpc) is 3.38. The summed E-state index contributed by atoms with van der Waals surface area (Å²) < 4.78 is 21.6. The molecule has 0 N–H and O–H groups in total. The lowest BCUT2D eigenvalue weighted by Crippen LogP contribution is -2.43. The number of nitrogens with zero attached hydrogens (tertiary/aromatic N) is 7. The second-order valence-corrected chi connectivity index (χ2v) is 10.0. The highest BCUT2D eigenvalue weighted by Gasteiger charge is 2.27. The number of hydrogen-bond donors (Lipinski definition) is 0. The average molecular weight is 512 g/mol. The fourth-order valence-corrected chi connectivity index (χ4v) is 5.32. The van der Waals surface area contributed by atoms with Crippen molar-refractivity contribution in [2.24, 2.45) is 0 Å². The Morgan fingerprint density at radius 3 is 2.74 bits per heavy atom. The fraction of sp³-hybridized carbons (Fsp3) is 0.345. The summed E-state index contributed by atoms with van der Waals surface area (Å²) in [5.74, 6) is 0.516. The molecule has 0 aliphatic carbocycles. The fourth-order valence-electron chi connectivity index (χ4n) is 5.32. The number of anilines is 1. The molecule has 0 spiro atoms. The molecular weight excluding hydrogens is 481 g/mol. The minimum atomic E-state index is -0.262. The van der Waals surface area contributed by atoms with Crippen LogP contribution in [0, 0.1) is 17.1 Å². The molecule has 4 heterocycles. The van der Waals surface area contributed by atoms with Gasteiger partial charge in [0.1, 0.15) is 11.6 Å². The Bertz CT molecular complexity index is 1490. The maximum atomic E-state index is 14.0. The maximum Gasteiger partial charge on any atom is 0.154 e. The molecule has 2 aromatic carbocycles. The highest BCUT2D eigenvalue weighted by atomic mass is 19.1. The van der Waals surface area contributed by atoms with Crippen molar-refractivity contribution in [3.63, 3.8) is 0 Å². The van der Waals surface area contributed by atoms with Gasteiger partial charge in [0, 0.05) is 44.8 Å².